The van der Waals surface area contributed by atoms with Crippen molar-refractivity contribution in [3.63, 3.8) is 0 Å². The fourth-order valence-electron chi connectivity index (χ4n) is 0.339. The van der Waals surface area contributed by atoms with Gasteiger partial charge < -0.3 is 10.6 Å². The average Bonchev–Trinajstić information content (AvgIpc) is 2.12. The molecule has 10 heteroatoms. The van der Waals surface area contributed by atoms with Gasteiger partial charge >= 0.3 is 0 Å². The van der Waals surface area contributed by atoms with Gasteiger partial charge in [0, 0.05) is 13.1 Å². The standard InChI is InChI=1S/C4H8N2S4.C2H6O3S/c7-3(8)5-1-2-6-4(9)10;1-2-6(3,4)5/h1-2H2,(H2,5,7,8)(H2,6,9,10);2H2,1H3,(H,3,4,5). The lowest BCUT2D eigenvalue weighted by atomic mass is 10.6. The maximum atomic E-state index is 9.56. The number of nitrogens with one attached hydrogen (secondary N) is 2. The molecule has 16 heavy (non-hydrogen) atoms. The topological polar surface area (TPSA) is 78.4 Å². The molecule has 0 spiro atoms. The summed E-state index contributed by atoms with van der Waals surface area (Å²) in [5, 5.41) is 5.68. The first kappa shape index (κ1) is 18.7. The maximum Gasteiger partial charge on any atom is 0.264 e. The highest BCUT2D eigenvalue weighted by Gasteiger charge is 1.93. The van der Waals surface area contributed by atoms with Crippen molar-refractivity contribution in [2.24, 2.45) is 0 Å². The molecule has 0 saturated carbocycles. The molecule has 0 amide bonds. The zero-order valence-corrected chi connectivity index (χ0v) is 12.7. The second kappa shape index (κ2) is 10.5. The van der Waals surface area contributed by atoms with Gasteiger partial charge in [0.05, 0.1) is 5.75 Å². The highest BCUT2D eigenvalue weighted by molar-refractivity contribution is 8.11. The summed E-state index contributed by atoms with van der Waals surface area (Å²) in [5.74, 6) is -0.201. The number of hydrogen-bond acceptors (Lipinski definition) is 4. The number of thiol groups is 2. The molecule has 96 valence electrons. The molecule has 0 aromatic heterocycles. The van der Waals surface area contributed by atoms with Gasteiger partial charge in [-0.3, -0.25) is 4.55 Å². The van der Waals surface area contributed by atoms with Gasteiger partial charge in [-0.25, -0.2) is 0 Å². The van der Waals surface area contributed by atoms with Gasteiger partial charge in [0.25, 0.3) is 10.1 Å². The Morgan fingerprint density at radius 2 is 1.44 bits per heavy atom. The molecular weight excluding hydrogens is 308 g/mol. The Morgan fingerprint density at radius 3 is 1.56 bits per heavy atom. The van der Waals surface area contributed by atoms with Crippen LogP contribution in [0.1, 0.15) is 6.92 Å². The lowest BCUT2D eigenvalue weighted by Crippen LogP contribution is -2.29. The van der Waals surface area contributed by atoms with E-state index in [1.54, 1.807) is 0 Å². The van der Waals surface area contributed by atoms with Crippen molar-refractivity contribution >= 4 is 68.5 Å². The van der Waals surface area contributed by atoms with Crippen molar-refractivity contribution < 1.29 is 13.0 Å². The molecule has 0 atom stereocenters. The average molecular weight is 323 g/mol. The highest BCUT2D eigenvalue weighted by atomic mass is 32.2. The third-order valence-electron chi connectivity index (χ3n) is 1.04. The van der Waals surface area contributed by atoms with E-state index in [9.17, 15) is 8.42 Å². The Hall–Kier alpha value is 0.390. The first-order chi connectivity index (χ1) is 7.19. The Labute approximate surface area is 117 Å². The first-order valence-electron chi connectivity index (χ1n) is 4.07. The summed E-state index contributed by atoms with van der Waals surface area (Å²) in [6, 6.07) is 0. The van der Waals surface area contributed by atoms with Crippen LogP contribution in [0.5, 0.6) is 0 Å². The van der Waals surface area contributed by atoms with Gasteiger partial charge in [0.1, 0.15) is 8.64 Å². The second-order valence-electron chi connectivity index (χ2n) is 2.33. The van der Waals surface area contributed by atoms with Crippen LogP contribution in [0.2, 0.25) is 0 Å². The summed E-state index contributed by atoms with van der Waals surface area (Å²) < 4.78 is 27.9. The number of hydrogen-bond donors (Lipinski definition) is 5. The Morgan fingerprint density at radius 1 is 1.19 bits per heavy atom. The second-order valence-corrected chi connectivity index (χ2v) is 6.39. The van der Waals surface area contributed by atoms with E-state index in [-0.39, 0.29) is 5.75 Å². The van der Waals surface area contributed by atoms with Crippen LogP contribution in [0.25, 0.3) is 0 Å². The quantitative estimate of drug-likeness (QED) is 0.223. The summed E-state index contributed by atoms with van der Waals surface area (Å²) in [4.78, 5) is 0. The molecule has 0 bridgehead atoms. The predicted octanol–water partition coefficient (Wildman–Crippen LogP) is 0.489. The third-order valence-corrected chi connectivity index (χ3v) is 2.38. The molecule has 0 heterocycles. The number of thiocarbonyl (C=S) groups is 2. The van der Waals surface area contributed by atoms with Gasteiger partial charge in [-0.15, -0.1) is 25.3 Å². The fourth-order valence-corrected chi connectivity index (χ4v) is 0.767. The smallest absolute Gasteiger partial charge is 0.264 e. The number of rotatable bonds is 4. The van der Waals surface area contributed by atoms with E-state index in [0.29, 0.717) is 21.7 Å². The molecule has 3 N–H and O–H groups in total. The van der Waals surface area contributed by atoms with Crippen molar-refractivity contribution in [1.82, 2.24) is 10.6 Å². The Balaban J connectivity index is 0. The van der Waals surface area contributed by atoms with Crippen LogP contribution < -0.4 is 10.6 Å². The molecule has 0 aromatic carbocycles. The van der Waals surface area contributed by atoms with Gasteiger partial charge in [-0.1, -0.05) is 24.4 Å². The molecule has 0 aromatic rings. The molecule has 0 aliphatic rings. The van der Waals surface area contributed by atoms with Crippen molar-refractivity contribution in [3.8, 4) is 0 Å². The van der Waals surface area contributed by atoms with Gasteiger partial charge in [-0.2, -0.15) is 8.42 Å². The van der Waals surface area contributed by atoms with E-state index in [0.717, 1.165) is 0 Å². The molecule has 0 aliphatic carbocycles. The minimum Gasteiger partial charge on any atom is -0.369 e. The van der Waals surface area contributed by atoms with Crippen LogP contribution in [0.4, 0.5) is 0 Å². The summed E-state index contributed by atoms with van der Waals surface area (Å²) in [6.45, 7) is 2.79. The third kappa shape index (κ3) is 23.9. The minimum atomic E-state index is -3.66. The van der Waals surface area contributed by atoms with Crippen molar-refractivity contribution in [2.45, 2.75) is 6.92 Å². The zero-order chi connectivity index (χ0) is 13.2. The van der Waals surface area contributed by atoms with Crippen LogP contribution >= 0.6 is 49.7 Å². The summed E-state index contributed by atoms with van der Waals surface area (Å²) >= 11 is 17.0. The molecule has 0 saturated heterocycles. The largest absolute Gasteiger partial charge is 0.369 e. The zero-order valence-electron chi connectivity index (χ0n) is 8.50. The molecular formula is C6H14N2O3S5. The monoisotopic (exact) mass is 322 g/mol. The van der Waals surface area contributed by atoms with E-state index < -0.39 is 10.1 Å². The lowest BCUT2D eigenvalue weighted by Gasteiger charge is -2.03. The van der Waals surface area contributed by atoms with Crippen LogP contribution in [-0.2, 0) is 10.1 Å². The van der Waals surface area contributed by atoms with Gasteiger partial charge in [0.15, 0.2) is 0 Å². The molecule has 0 unspecified atom stereocenters. The van der Waals surface area contributed by atoms with E-state index in [1.807, 2.05) is 0 Å². The predicted molar refractivity (Wildman–Crippen MR) is 81.3 cm³/mol. The van der Waals surface area contributed by atoms with Gasteiger partial charge in [0.2, 0.25) is 0 Å². The molecule has 0 fully saturated rings. The molecule has 0 aliphatic heterocycles. The van der Waals surface area contributed by atoms with Crippen molar-refractivity contribution in [3.05, 3.63) is 0 Å². The lowest BCUT2D eigenvalue weighted by molar-refractivity contribution is 0.484. The van der Waals surface area contributed by atoms with Crippen LogP contribution in [0.15, 0.2) is 0 Å². The maximum absolute atomic E-state index is 9.56. The van der Waals surface area contributed by atoms with E-state index >= 15 is 0 Å². The van der Waals surface area contributed by atoms with E-state index in [1.165, 1.54) is 6.92 Å². The highest BCUT2D eigenvalue weighted by Crippen LogP contribution is 1.77. The van der Waals surface area contributed by atoms with Gasteiger partial charge in [-0.05, 0) is 6.92 Å². The van der Waals surface area contributed by atoms with Crippen LogP contribution in [-0.4, -0.2) is 40.5 Å². The molecule has 0 rings (SSSR count). The van der Waals surface area contributed by atoms with E-state index in [4.69, 9.17) is 4.55 Å². The summed E-state index contributed by atoms with van der Waals surface area (Å²) in [5.41, 5.74) is 0. The van der Waals surface area contributed by atoms with Crippen molar-refractivity contribution in [2.75, 3.05) is 18.8 Å². The summed E-state index contributed by atoms with van der Waals surface area (Å²) in [7, 11) is -3.66. The Kier molecular flexibility index (Phi) is 12.3. The Bertz CT molecular complexity index is 300. The van der Waals surface area contributed by atoms with Crippen LogP contribution in [0.3, 0.4) is 0 Å². The summed E-state index contributed by atoms with van der Waals surface area (Å²) in [6.07, 6.45) is 0. The van der Waals surface area contributed by atoms with Crippen LogP contribution in [0, 0.1) is 0 Å². The van der Waals surface area contributed by atoms with Crippen molar-refractivity contribution in [1.29, 1.82) is 0 Å². The minimum absolute atomic E-state index is 0.201. The normalized spacial score (nSPS) is 9.75. The first-order valence-corrected chi connectivity index (χ1v) is 7.39. The SMILES string of the molecule is CCS(=O)(=O)O.S=C(S)NCCNC(=S)S. The molecule has 5 nitrogen and oxygen atoms in total. The molecule has 0 radical (unpaired) electrons. The fraction of sp³-hybridized carbons (Fsp3) is 0.667. The van der Waals surface area contributed by atoms with E-state index in [2.05, 4.69) is 60.3 Å².